The summed E-state index contributed by atoms with van der Waals surface area (Å²) in [5, 5.41) is 2.41. The maximum Gasteiger partial charge on any atom is 0.189 e. The highest BCUT2D eigenvalue weighted by molar-refractivity contribution is 6.09. The van der Waals surface area contributed by atoms with Crippen LogP contribution in [0.5, 0.6) is 0 Å². The van der Waals surface area contributed by atoms with Crippen LogP contribution < -0.4 is 0 Å². The first-order chi connectivity index (χ1) is 22.2. The fraction of sp³-hybridized carbons (Fsp3) is 0. The standard InChI is InChI=1S/C43H28N2/c1-44-38-27-37(28-39(29-38)45-42-21-10-8-19-40(42)41-20-9-11-22-43(41)45)33-18-12-17-32(23-33)36-25-34(30-13-4-2-5-14-30)24-35(26-36)31-15-6-3-7-16-31/h2-29H. The van der Waals surface area contributed by atoms with Gasteiger partial charge in [-0.05, 0) is 99.1 Å². The molecule has 2 heteroatoms. The van der Waals surface area contributed by atoms with Crippen LogP contribution >= 0.6 is 0 Å². The molecule has 0 fully saturated rings. The molecule has 0 amide bonds. The fourth-order valence-electron chi connectivity index (χ4n) is 6.42. The second-order valence-electron chi connectivity index (χ2n) is 11.3. The molecule has 0 saturated carbocycles. The van der Waals surface area contributed by atoms with Gasteiger partial charge in [0.1, 0.15) is 0 Å². The Bertz CT molecular complexity index is 2260. The lowest BCUT2D eigenvalue weighted by Crippen LogP contribution is -1.94. The Kier molecular flexibility index (Phi) is 6.56. The number of hydrogen-bond acceptors (Lipinski definition) is 0. The third-order valence-corrected chi connectivity index (χ3v) is 8.55. The van der Waals surface area contributed by atoms with Crippen LogP contribution in [0.3, 0.4) is 0 Å². The first-order valence-corrected chi connectivity index (χ1v) is 15.1. The van der Waals surface area contributed by atoms with Crippen LogP contribution in [0.25, 0.3) is 76.8 Å². The minimum absolute atomic E-state index is 0.618. The monoisotopic (exact) mass is 572 g/mol. The Morgan fingerprint density at radius 3 is 1.31 bits per heavy atom. The summed E-state index contributed by atoms with van der Waals surface area (Å²) in [6.07, 6.45) is 0. The quantitative estimate of drug-likeness (QED) is 0.181. The molecule has 0 unspecified atom stereocenters. The molecule has 0 aliphatic heterocycles. The highest BCUT2D eigenvalue weighted by Gasteiger charge is 2.14. The van der Waals surface area contributed by atoms with Crippen LogP contribution in [0.15, 0.2) is 170 Å². The number of benzene rings is 7. The summed E-state index contributed by atoms with van der Waals surface area (Å²) >= 11 is 0. The van der Waals surface area contributed by atoms with Gasteiger partial charge in [0, 0.05) is 16.5 Å². The van der Waals surface area contributed by atoms with Crippen molar-refractivity contribution in [3.63, 3.8) is 0 Å². The summed E-state index contributed by atoms with van der Waals surface area (Å²) in [5.41, 5.74) is 13.0. The molecule has 0 radical (unpaired) electrons. The minimum Gasteiger partial charge on any atom is -0.310 e. The summed E-state index contributed by atoms with van der Waals surface area (Å²) in [6.45, 7) is 7.95. The average Bonchev–Trinajstić information content (AvgIpc) is 3.46. The van der Waals surface area contributed by atoms with E-state index in [1.807, 2.05) is 12.1 Å². The molecule has 0 saturated heterocycles. The van der Waals surface area contributed by atoms with E-state index in [0.29, 0.717) is 5.69 Å². The third kappa shape index (κ3) is 4.87. The molecule has 45 heavy (non-hydrogen) atoms. The predicted molar refractivity (Wildman–Crippen MR) is 189 cm³/mol. The van der Waals surface area contributed by atoms with Gasteiger partial charge in [0.25, 0.3) is 0 Å². The molecule has 8 aromatic rings. The number of fused-ring (bicyclic) bond motifs is 3. The van der Waals surface area contributed by atoms with Gasteiger partial charge in [0.2, 0.25) is 0 Å². The normalized spacial score (nSPS) is 11.1. The molecule has 7 aromatic carbocycles. The van der Waals surface area contributed by atoms with E-state index >= 15 is 0 Å². The number of para-hydroxylation sites is 2. The summed E-state index contributed by atoms with van der Waals surface area (Å²) in [5.74, 6) is 0. The van der Waals surface area contributed by atoms with Crippen LogP contribution in [0.1, 0.15) is 0 Å². The zero-order chi connectivity index (χ0) is 30.2. The van der Waals surface area contributed by atoms with Gasteiger partial charge in [-0.3, -0.25) is 0 Å². The van der Waals surface area contributed by atoms with Gasteiger partial charge in [-0.2, -0.15) is 0 Å². The molecule has 0 aliphatic rings. The largest absolute Gasteiger partial charge is 0.310 e. The second kappa shape index (κ2) is 11.2. The van der Waals surface area contributed by atoms with Gasteiger partial charge in [-0.15, -0.1) is 0 Å². The zero-order valence-corrected chi connectivity index (χ0v) is 24.6. The maximum atomic E-state index is 7.95. The second-order valence-corrected chi connectivity index (χ2v) is 11.3. The fourth-order valence-corrected chi connectivity index (χ4v) is 6.42. The van der Waals surface area contributed by atoms with E-state index in [1.165, 1.54) is 33.0 Å². The average molecular weight is 573 g/mol. The molecule has 1 aromatic heterocycles. The van der Waals surface area contributed by atoms with Gasteiger partial charge < -0.3 is 4.57 Å². The molecule has 1 heterocycles. The van der Waals surface area contributed by atoms with Crippen molar-refractivity contribution >= 4 is 27.5 Å². The Morgan fingerprint density at radius 2 is 0.778 bits per heavy atom. The van der Waals surface area contributed by atoms with Crippen LogP contribution in [-0.4, -0.2) is 4.57 Å². The summed E-state index contributed by atoms with van der Waals surface area (Å²) in [7, 11) is 0. The molecule has 210 valence electrons. The Hall–Kier alpha value is -6.17. The molecular formula is C43H28N2. The minimum atomic E-state index is 0.618. The Morgan fingerprint density at radius 1 is 0.356 bits per heavy atom. The molecule has 2 nitrogen and oxygen atoms in total. The lowest BCUT2D eigenvalue weighted by Gasteiger charge is -2.14. The van der Waals surface area contributed by atoms with Gasteiger partial charge in [0.05, 0.1) is 17.6 Å². The maximum absolute atomic E-state index is 7.95. The lowest BCUT2D eigenvalue weighted by atomic mass is 9.92. The van der Waals surface area contributed by atoms with Crippen molar-refractivity contribution in [1.29, 1.82) is 0 Å². The lowest BCUT2D eigenvalue weighted by molar-refractivity contribution is 1.18. The van der Waals surface area contributed by atoms with Crippen LogP contribution in [0.4, 0.5) is 5.69 Å². The molecule has 0 spiro atoms. The van der Waals surface area contributed by atoms with Gasteiger partial charge in [0.15, 0.2) is 5.69 Å². The first kappa shape index (κ1) is 26.5. The van der Waals surface area contributed by atoms with E-state index in [-0.39, 0.29) is 0 Å². The van der Waals surface area contributed by atoms with E-state index in [1.54, 1.807) is 0 Å². The van der Waals surface area contributed by atoms with Gasteiger partial charge in [-0.1, -0.05) is 115 Å². The number of aromatic nitrogens is 1. The van der Waals surface area contributed by atoms with Gasteiger partial charge in [-0.25, -0.2) is 4.85 Å². The summed E-state index contributed by atoms with van der Waals surface area (Å²) < 4.78 is 2.28. The summed E-state index contributed by atoms with van der Waals surface area (Å²) in [6, 6.07) is 59.8. The van der Waals surface area contributed by atoms with Crippen molar-refractivity contribution in [1.82, 2.24) is 4.57 Å². The van der Waals surface area contributed by atoms with E-state index in [9.17, 15) is 0 Å². The van der Waals surface area contributed by atoms with Crippen molar-refractivity contribution in [3.8, 4) is 50.2 Å². The van der Waals surface area contributed by atoms with E-state index in [0.717, 1.165) is 39.0 Å². The van der Waals surface area contributed by atoms with E-state index < -0.39 is 0 Å². The van der Waals surface area contributed by atoms with Crippen LogP contribution in [-0.2, 0) is 0 Å². The van der Waals surface area contributed by atoms with Crippen molar-refractivity contribution in [2.45, 2.75) is 0 Å². The molecule has 0 N–H and O–H groups in total. The van der Waals surface area contributed by atoms with Crippen LogP contribution in [0.2, 0.25) is 0 Å². The molecule has 0 aliphatic carbocycles. The van der Waals surface area contributed by atoms with Crippen molar-refractivity contribution in [2.24, 2.45) is 0 Å². The third-order valence-electron chi connectivity index (χ3n) is 8.55. The van der Waals surface area contributed by atoms with Crippen molar-refractivity contribution in [3.05, 3.63) is 181 Å². The Balaban J connectivity index is 1.29. The van der Waals surface area contributed by atoms with E-state index in [4.69, 9.17) is 6.57 Å². The smallest absolute Gasteiger partial charge is 0.189 e. The molecular weight excluding hydrogens is 544 g/mol. The number of rotatable bonds is 5. The van der Waals surface area contributed by atoms with Gasteiger partial charge >= 0.3 is 0 Å². The van der Waals surface area contributed by atoms with E-state index in [2.05, 4.69) is 167 Å². The predicted octanol–water partition coefficient (Wildman–Crippen LogP) is 12.0. The summed E-state index contributed by atoms with van der Waals surface area (Å²) in [4.78, 5) is 3.90. The highest BCUT2D eigenvalue weighted by Crippen LogP contribution is 2.38. The molecule has 0 atom stereocenters. The SMILES string of the molecule is [C-]#[N+]c1cc(-c2cccc(-c3cc(-c4ccccc4)cc(-c4ccccc4)c3)c2)cc(-n2c3ccccc3c3ccccc32)c1. The zero-order valence-electron chi connectivity index (χ0n) is 24.6. The van der Waals surface area contributed by atoms with Crippen LogP contribution in [0, 0.1) is 6.57 Å². The number of hydrogen-bond donors (Lipinski definition) is 0. The first-order valence-electron chi connectivity index (χ1n) is 15.1. The molecule has 8 rings (SSSR count). The Labute approximate surface area is 262 Å². The van der Waals surface area contributed by atoms with Crippen molar-refractivity contribution < 1.29 is 0 Å². The highest BCUT2D eigenvalue weighted by atomic mass is 15.0. The molecule has 0 bridgehead atoms. The topological polar surface area (TPSA) is 9.29 Å². The number of nitrogens with zero attached hydrogens (tertiary/aromatic N) is 2. The van der Waals surface area contributed by atoms with Crippen molar-refractivity contribution in [2.75, 3.05) is 0 Å².